The van der Waals surface area contributed by atoms with E-state index in [0.29, 0.717) is 6.42 Å². The van der Waals surface area contributed by atoms with Crippen molar-refractivity contribution in [2.24, 2.45) is 5.84 Å². The van der Waals surface area contributed by atoms with Crippen molar-refractivity contribution in [1.82, 2.24) is 5.43 Å². The second-order valence-electron chi connectivity index (χ2n) is 6.10. The van der Waals surface area contributed by atoms with Crippen molar-refractivity contribution in [1.29, 1.82) is 0 Å². The lowest BCUT2D eigenvalue weighted by atomic mass is 9.86. The third kappa shape index (κ3) is 5.51. The lowest BCUT2D eigenvalue weighted by molar-refractivity contribution is -0.135. The molecule has 5 heteroatoms. The van der Waals surface area contributed by atoms with Crippen molar-refractivity contribution >= 4 is 0 Å². The van der Waals surface area contributed by atoms with Gasteiger partial charge in [-0.2, -0.15) is 13.2 Å². The third-order valence-corrected chi connectivity index (χ3v) is 3.33. The van der Waals surface area contributed by atoms with Gasteiger partial charge in [0.15, 0.2) is 0 Å². The van der Waals surface area contributed by atoms with Gasteiger partial charge < -0.3 is 0 Å². The van der Waals surface area contributed by atoms with E-state index in [1.54, 1.807) is 0 Å². The van der Waals surface area contributed by atoms with Gasteiger partial charge in [-0.05, 0) is 29.4 Å². The van der Waals surface area contributed by atoms with Crippen LogP contribution >= 0.6 is 0 Å². The number of benzene rings is 1. The molecule has 0 aliphatic rings. The monoisotopic (exact) mass is 288 g/mol. The molecule has 3 N–H and O–H groups in total. The molecule has 0 radical (unpaired) electrons. The van der Waals surface area contributed by atoms with Crippen LogP contribution in [0.3, 0.4) is 0 Å². The van der Waals surface area contributed by atoms with E-state index in [9.17, 15) is 13.2 Å². The maximum atomic E-state index is 12.1. The van der Waals surface area contributed by atoms with Crippen molar-refractivity contribution in [3.63, 3.8) is 0 Å². The molecule has 0 saturated carbocycles. The second kappa shape index (κ2) is 6.59. The average molecular weight is 288 g/mol. The minimum Gasteiger partial charge on any atom is -0.271 e. The van der Waals surface area contributed by atoms with Crippen LogP contribution in [0.5, 0.6) is 0 Å². The predicted octanol–water partition coefficient (Wildman–Crippen LogP) is 4.22. The number of halogens is 3. The van der Waals surface area contributed by atoms with E-state index in [0.717, 1.165) is 5.56 Å². The molecular weight excluding hydrogens is 265 g/mol. The molecule has 0 aliphatic carbocycles. The molecule has 0 saturated heterocycles. The van der Waals surface area contributed by atoms with Crippen molar-refractivity contribution in [2.75, 3.05) is 0 Å². The summed E-state index contributed by atoms with van der Waals surface area (Å²) in [6.45, 7) is 6.35. The Labute approximate surface area is 118 Å². The normalized spacial score (nSPS) is 14.3. The first kappa shape index (κ1) is 17.0. The molecular formula is C15H23F3N2. The topological polar surface area (TPSA) is 38.0 Å². The van der Waals surface area contributed by atoms with Gasteiger partial charge in [0.05, 0.1) is 0 Å². The highest BCUT2D eigenvalue weighted by molar-refractivity contribution is 5.29. The van der Waals surface area contributed by atoms with Crippen molar-refractivity contribution < 1.29 is 13.2 Å². The Hall–Kier alpha value is -1.07. The van der Waals surface area contributed by atoms with Gasteiger partial charge in [0, 0.05) is 12.5 Å². The van der Waals surface area contributed by atoms with Crippen molar-refractivity contribution in [2.45, 2.75) is 57.7 Å². The first-order valence-electron chi connectivity index (χ1n) is 6.77. The molecule has 0 aromatic heterocycles. The molecule has 0 fully saturated rings. The fourth-order valence-electron chi connectivity index (χ4n) is 2.07. The summed E-state index contributed by atoms with van der Waals surface area (Å²) in [5.74, 6) is 5.45. The molecule has 2 nitrogen and oxygen atoms in total. The van der Waals surface area contributed by atoms with E-state index in [1.165, 1.54) is 5.56 Å². The highest BCUT2D eigenvalue weighted by atomic mass is 19.4. The number of hydrazine groups is 1. The molecule has 114 valence electrons. The minimum atomic E-state index is -4.10. The fraction of sp³-hybridized carbons (Fsp3) is 0.600. The molecule has 0 amide bonds. The van der Waals surface area contributed by atoms with E-state index in [2.05, 4.69) is 26.2 Å². The van der Waals surface area contributed by atoms with Gasteiger partial charge >= 0.3 is 6.18 Å². The van der Waals surface area contributed by atoms with Crippen LogP contribution in [-0.4, -0.2) is 6.18 Å². The smallest absolute Gasteiger partial charge is 0.271 e. The van der Waals surface area contributed by atoms with Crippen LogP contribution < -0.4 is 11.3 Å². The van der Waals surface area contributed by atoms with Gasteiger partial charge in [-0.1, -0.05) is 45.0 Å². The number of nitrogens with one attached hydrogen (secondary N) is 1. The van der Waals surface area contributed by atoms with Crippen LogP contribution in [0.25, 0.3) is 0 Å². The van der Waals surface area contributed by atoms with Gasteiger partial charge in [-0.3, -0.25) is 11.3 Å². The first-order valence-corrected chi connectivity index (χ1v) is 6.77. The average Bonchev–Trinajstić information content (AvgIpc) is 2.32. The van der Waals surface area contributed by atoms with Crippen LogP contribution in [0.2, 0.25) is 0 Å². The summed E-state index contributed by atoms with van der Waals surface area (Å²) >= 11 is 0. The number of nitrogens with two attached hydrogens (primary N) is 1. The zero-order valence-electron chi connectivity index (χ0n) is 12.2. The Morgan fingerprint density at radius 2 is 1.65 bits per heavy atom. The maximum absolute atomic E-state index is 12.1. The summed E-state index contributed by atoms with van der Waals surface area (Å²) in [6.07, 6.45) is -4.44. The highest BCUT2D eigenvalue weighted by Crippen LogP contribution is 2.28. The largest absolute Gasteiger partial charge is 0.389 e. The van der Waals surface area contributed by atoms with Gasteiger partial charge in [0.25, 0.3) is 0 Å². The number of rotatable bonds is 5. The van der Waals surface area contributed by atoms with Crippen molar-refractivity contribution in [3.8, 4) is 0 Å². The molecule has 1 unspecified atom stereocenters. The van der Waals surface area contributed by atoms with E-state index < -0.39 is 12.6 Å². The Kier molecular flexibility index (Phi) is 5.59. The Bertz CT molecular complexity index is 405. The summed E-state index contributed by atoms with van der Waals surface area (Å²) in [5.41, 5.74) is 4.76. The van der Waals surface area contributed by atoms with Gasteiger partial charge in [0.1, 0.15) is 0 Å². The SMILES string of the molecule is CC(C)(C)c1ccc(C(CCCC(F)(F)F)NN)cc1. The lowest BCUT2D eigenvalue weighted by Crippen LogP contribution is -2.28. The van der Waals surface area contributed by atoms with Crippen LogP contribution in [0.1, 0.15) is 57.2 Å². The molecule has 0 bridgehead atoms. The van der Waals surface area contributed by atoms with Crippen molar-refractivity contribution in [3.05, 3.63) is 35.4 Å². The predicted molar refractivity (Wildman–Crippen MR) is 75.1 cm³/mol. The summed E-state index contributed by atoms with van der Waals surface area (Å²) in [5, 5.41) is 0. The van der Waals surface area contributed by atoms with Crippen LogP contribution in [0, 0.1) is 0 Å². The Morgan fingerprint density at radius 3 is 2.05 bits per heavy atom. The van der Waals surface area contributed by atoms with E-state index >= 15 is 0 Å². The Morgan fingerprint density at radius 1 is 1.10 bits per heavy atom. The lowest BCUT2D eigenvalue weighted by Gasteiger charge is -2.21. The van der Waals surface area contributed by atoms with Gasteiger partial charge in [0.2, 0.25) is 0 Å². The van der Waals surface area contributed by atoms with E-state index in [1.807, 2.05) is 24.3 Å². The third-order valence-electron chi connectivity index (χ3n) is 3.33. The number of hydrogen-bond donors (Lipinski definition) is 2. The van der Waals surface area contributed by atoms with Crippen LogP contribution in [-0.2, 0) is 5.41 Å². The minimum absolute atomic E-state index is 0.0560. The Balaban J connectivity index is 2.66. The number of hydrogen-bond acceptors (Lipinski definition) is 2. The maximum Gasteiger partial charge on any atom is 0.389 e. The first-order chi connectivity index (χ1) is 9.13. The highest BCUT2D eigenvalue weighted by Gasteiger charge is 2.26. The second-order valence-corrected chi connectivity index (χ2v) is 6.10. The molecule has 20 heavy (non-hydrogen) atoms. The zero-order chi connectivity index (χ0) is 15.4. The summed E-state index contributed by atoms with van der Waals surface area (Å²) in [7, 11) is 0. The van der Waals surface area contributed by atoms with E-state index in [-0.39, 0.29) is 17.9 Å². The molecule has 1 aromatic carbocycles. The molecule has 1 rings (SSSR count). The fourth-order valence-corrected chi connectivity index (χ4v) is 2.07. The summed E-state index contributed by atoms with van der Waals surface area (Å²) in [4.78, 5) is 0. The van der Waals surface area contributed by atoms with E-state index in [4.69, 9.17) is 5.84 Å². The quantitative estimate of drug-likeness (QED) is 0.629. The van der Waals surface area contributed by atoms with Crippen LogP contribution in [0.4, 0.5) is 13.2 Å². The molecule has 0 aliphatic heterocycles. The molecule has 1 atom stereocenters. The summed E-state index contributed by atoms with van der Waals surface area (Å²) < 4.78 is 36.4. The molecule has 0 spiro atoms. The van der Waals surface area contributed by atoms with Crippen LogP contribution in [0.15, 0.2) is 24.3 Å². The molecule has 1 aromatic rings. The zero-order valence-corrected chi connectivity index (χ0v) is 12.2. The van der Waals surface area contributed by atoms with Gasteiger partial charge in [-0.25, -0.2) is 0 Å². The molecule has 0 heterocycles. The number of alkyl halides is 3. The van der Waals surface area contributed by atoms with Gasteiger partial charge in [-0.15, -0.1) is 0 Å². The standard InChI is InChI=1S/C15H23F3N2/c1-14(2,3)12-8-6-11(7-9-12)13(20-19)5-4-10-15(16,17)18/h6-9,13,20H,4-5,10,19H2,1-3H3. The summed E-state index contributed by atoms with van der Waals surface area (Å²) in [6, 6.07) is 7.62.